The van der Waals surface area contributed by atoms with Gasteiger partial charge in [-0.2, -0.15) is 0 Å². The lowest BCUT2D eigenvalue weighted by atomic mass is 10.2. The SMILES string of the molecule is CCN(CC)CCOc1ccc(Br)cc1CNC(C)C. The molecule has 1 rings (SSSR count). The molecule has 0 heterocycles. The fourth-order valence-electron chi connectivity index (χ4n) is 1.97. The third-order valence-electron chi connectivity index (χ3n) is 3.28. The summed E-state index contributed by atoms with van der Waals surface area (Å²) in [6.45, 7) is 13.3. The molecule has 0 saturated heterocycles. The van der Waals surface area contributed by atoms with Crippen LogP contribution in [0.5, 0.6) is 5.75 Å². The highest BCUT2D eigenvalue weighted by molar-refractivity contribution is 9.10. The Kier molecular flexibility index (Phi) is 8.19. The summed E-state index contributed by atoms with van der Waals surface area (Å²) < 4.78 is 7.05. The van der Waals surface area contributed by atoms with E-state index in [9.17, 15) is 0 Å². The fraction of sp³-hybridized carbons (Fsp3) is 0.625. The molecule has 0 aliphatic carbocycles. The highest BCUT2D eigenvalue weighted by Crippen LogP contribution is 2.23. The number of likely N-dealkylation sites (N-methyl/N-ethyl adjacent to an activating group) is 1. The number of rotatable bonds is 9. The summed E-state index contributed by atoms with van der Waals surface area (Å²) >= 11 is 3.53. The molecule has 0 spiro atoms. The second-order valence-electron chi connectivity index (χ2n) is 5.16. The van der Waals surface area contributed by atoms with Gasteiger partial charge in [0.2, 0.25) is 0 Å². The van der Waals surface area contributed by atoms with Crippen LogP contribution in [0.1, 0.15) is 33.3 Å². The summed E-state index contributed by atoms with van der Waals surface area (Å²) in [5, 5.41) is 3.44. The number of ether oxygens (including phenoxy) is 1. The van der Waals surface area contributed by atoms with Gasteiger partial charge in [0.15, 0.2) is 0 Å². The van der Waals surface area contributed by atoms with Crippen LogP contribution in [0.2, 0.25) is 0 Å². The molecule has 0 atom stereocenters. The Bertz CT molecular complexity index is 392. The van der Waals surface area contributed by atoms with Crippen molar-refractivity contribution in [1.82, 2.24) is 10.2 Å². The number of halogens is 1. The number of benzene rings is 1. The summed E-state index contributed by atoms with van der Waals surface area (Å²) in [6.07, 6.45) is 0. The van der Waals surface area contributed by atoms with Gasteiger partial charge in [-0.1, -0.05) is 43.6 Å². The molecule has 0 unspecified atom stereocenters. The lowest BCUT2D eigenvalue weighted by Gasteiger charge is -2.19. The number of hydrogen-bond acceptors (Lipinski definition) is 3. The van der Waals surface area contributed by atoms with Gasteiger partial charge in [0.05, 0.1) is 0 Å². The third kappa shape index (κ3) is 6.25. The van der Waals surface area contributed by atoms with Crippen molar-refractivity contribution in [2.75, 3.05) is 26.2 Å². The molecule has 0 aliphatic heterocycles. The van der Waals surface area contributed by atoms with Crippen LogP contribution in [0, 0.1) is 0 Å². The van der Waals surface area contributed by atoms with E-state index in [4.69, 9.17) is 4.74 Å². The predicted octanol–water partition coefficient (Wildman–Crippen LogP) is 3.67. The van der Waals surface area contributed by atoms with E-state index < -0.39 is 0 Å². The van der Waals surface area contributed by atoms with Gasteiger partial charge in [-0.3, -0.25) is 0 Å². The molecule has 0 amide bonds. The molecule has 0 bridgehead atoms. The first-order chi connectivity index (χ1) is 9.56. The second kappa shape index (κ2) is 9.37. The lowest BCUT2D eigenvalue weighted by Crippen LogP contribution is -2.28. The van der Waals surface area contributed by atoms with E-state index in [0.29, 0.717) is 6.04 Å². The highest BCUT2D eigenvalue weighted by Gasteiger charge is 2.06. The number of hydrogen-bond donors (Lipinski definition) is 1. The Morgan fingerprint density at radius 2 is 1.95 bits per heavy atom. The first kappa shape index (κ1) is 17.5. The van der Waals surface area contributed by atoms with Gasteiger partial charge < -0.3 is 15.0 Å². The van der Waals surface area contributed by atoms with Crippen LogP contribution in [0.15, 0.2) is 22.7 Å². The normalized spacial score (nSPS) is 11.3. The van der Waals surface area contributed by atoms with Crippen LogP contribution in [0.25, 0.3) is 0 Å². The van der Waals surface area contributed by atoms with Crippen LogP contribution in [0.4, 0.5) is 0 Å². The van der Waals surface area contributed by atoms with Crippen molar-refractivity contribution in [3.8, 4) is 5.75 Å². The molecule has 0 fully saturated rings. The standard InChI is InChI=1S/C16H27BrN2O/c1-5-19(6-2)9-10-20-16-8-7-15(17)11-14(16)12-18-13(3)4/h7-8,11,13,18H,5-6,9-10,12H2,1-4H3. The van der Waals surface area contributed by atoms with Crippen molar-refractivity contribution in [3.63, 3.8) is 0 Å². The summed E-state index contributed by atoms with van der Waals surface area (Å²) in [5.74, 6) is 0.980. The number of nitrogens with zero attached hydrogens (tertiary/aromatic N) is 1. The lowest BCUT2D eigenvalue weighted by molar-refractivity contribution is 0.221. The van der Waals surface area contributed by atoms with Crippen LogP contribution < -0.4 is 10.1 Å². The van der Waals surface area contributed by atoms with Crippen molar-refractivity contribution < 1.29 is 4.74 Å². The van der Waals surface area contributed by atoms with Gasteiger partial charge in [-0.25, -0.2) is 0 Å². The average Bonchev–Trinajstić information content (AvgIpc) is 2.43. The van der Waals surface area contributed by atoms with Crippen molar-refractivity contribution in [1.29, 1.82) is 0 Å². The predicted molar refractivity (Wildman–Crippen MR) is 89.4 cm³/mol. The molecule has 0 saturated carbocycles. The minimum Gasteiger partial charge on any atom is -0.492 e. The maximum absolute atomic E-state index is 5.96. The molecule has 0 radical (unpaired) electrons. The van der Waals surface area contributed by atoms with E-state index in [1.165, 1.54) is 5.56 Å². The zero-order valence-electron chi connectivity index (χ0n) is 13.1. The van der Waals surface area contributed by atoms with E-state index >= 15 is 0 Å². The van der Waals surface area contributed by atoms with Gasteiger partial charge in [-0.15, -0.1) is 0 Å². The zero-order chi connectivity index (χ0) is 15.0. The third-order valence-corrected chi connectivity index (χ3v) is 3.78. The van der Waals surface area contributed by atoms with Crippen molar-refractivity contribution in [2.24, 2.45) is 0 Å². The quantitative estimate of drug-likeness (QED) is 0.740. The fourth-order valence-corrected chi connectivity index (χ4v) is 2.37. The summed E-state index contributed by atoms with van der Waals surface area (Å²) in [6, 6.07) is 6.68. The first-order valence-corrected chi connectivity index (χ1v) is 8.23. The van der Waals surface area contributed by atoms with E-state index in [2.05, 4.69) is 59.9 Å². The Morgan fingerprint density at radius 1 is 1.25 bits per heavy atom. The summed E-state index contributed by atoms with van der Waals surface area (Å²) in [4.78, 5) is 2.37. The summed E-state index contributed by atoms with van der Waals surface area (Å²) in [5.41, 5.74) is 1.20. The second-order valence-corrected chi connectivity index (χ2v) is 6.08. The van der Waals surface area contributed by atoms with Crippen molar-refractivity contribution in [3.05, 3.63) is 28.2 Å². The average molecular weight is 343 g/mol. The molecule has 0 aromatic heterocycles. The van der Waals surface area contributed by atoms with E-state index in [1.54, 1.807) is 0 Å². The molecule has 1 aromatic carbocycles. The van der Waals surface area contributed by atoms with Gasteiger partial charge >= 0.3 is 0 Å². The van der Waals surface area contributed by atoms with Gasteiger partial charge in [0.1, 0.15) is 12.4 Å². The van der Waals surface area contributed by atoms with Gasteiger partial charge in [-0.05, 0) is 31.3 Å². The zero-order valence-corrected chi connectivity index (χ0v) is 14.7. The highest BCUT2D eigenvalue weighted by atomic mass is 79.9. The summed E-state index contributed by atoms with van der Waals surface area (Å²) in [7, 11) is 0. The minimum atomic E-state index is 0.470. The van der Waals surface area contributed by atoms with Crippen LogP contribution >= 0.6 is 15.9 Å². The van der Waals surface area contributed by atoms with Crippen LogP contribution in [-0.2, 0) is 6.54 Å². The molecule has 1 aromatic rings. The molecule has 4 heteroatoms. The first-order valence-electron chi connectivity index (χ1n) is 7.43. The van der Waals surface area contributed by atoms with Crippen LogP contribution in [0.3, 0.4) is 0 Å². The van der Waals surface area contributed by atoms with E-state index in [-0.39, 0.29) is 0 Å². The van der Waals surface area contributed by atoms with Crippen molar-refractivity contribution in [2.45, 2.75) is 40.3 Å². The number of nitrogens with one attached hydrogen (secondary N) is 1. The molecule has 114 valence electrons. The maximum atomic E-state index is 5.96. The Hall–Kier alpha value is -0.580. The Morgan fingerprint density at radius 3 is 2.55 bits per heavy atom. The van der Waals surface area contributed by atoms with Crippen molar-refractivity contribution >= 4 is 15.9 Å². The molecule has 1 N–H and O–H groups in total. The largest absolute Gasteiger partial charge is 0.492 e. The molecular formula is C16H27BrN2O. The van der Waals surface area contributed by atoms with Gasteiger partial charge in [0.25, 0.3) is 0 Å². The molecule has 3 nitrogen and oxygen atoms in total. The molecular weight excluding hydrogens is 316 g/mol. The van der Waals surface area contributed by atoms with Gasteiger partial charge in [0, 0.05) is 29.2 Å². The molecule has 20 heavy (non-hydrogen) atoms. The Balaban J connectivity index is 2.59. The maximum Gasteiger partial charge on any atom is 0.123 e. The molecule has 0 aliphatic rings. The van der Waals surface area contributed by atoms with Crippen LogP contribution in [-0.4, -0.2) is 37.2 Å². The van der Waals surface area contributed by atoms with E-state index in [0.717, 1.165) is 43.0 Å². The smallest absolute Gasteiger partial charge is 0.123 e. The van der Waals surface area contributed by atoms with E-state index in [1.807, 2.05) is 12.1 Å². The Labute approximate surface area is 131 Å². The topological polar surface area (TPSA) is 24.5 Å². The minimum absolute atomic E-state index is 0.470. The monoisotopic (exact) mass is 342 g/mol.